The predicted molar refractivity (Wildman–Crippen MR) is 162 cm³/mol. The fraction of sp³-hybridized carbons (Fsp3) is 0.333. The van der Waals surface area contributed by atoms with Crippen LogP contribution in [0.2, 0.25) is 10.0 Å². The van der Waals surface area contributed by atoms with Crippen LogP contribution in [0, 0.1) is 6.92 Å². The molecule has 10 heteroatoms. The fourth-order valence-corrected chi connectivity index (χ4v) is 5.67. The molecular weight excluding hydrogens is 569 g/mol. The van der Waals surface area contributed by atoms with Crippen molar-refractivity contribution < 1.29 is 18.0 Å². The summed E-state index contributed by atoms with van der Waals surface area (Å²) in [6, 6.07) is 20.2. The molecule has 0 aliphatic heterocycles. The summed E-state index contributed by atoms with van der Waals surface area (Å²) in [7, 11) is -3.87. The molecule has 0 bridgehead atoms. The van der Waals surface area contributed by atoms with Crippen molar-refractivity contribution in [2.24, 2.45) is 0 Å². The van der Waals surface area contributed by atoms with E-state index < -0.39 is 28.5 Å². The minimum absolute atomic E-state index is 0.0576. The normalized spacial score (nSPS) is 12.8. The van der Waals surface area contributed by atoms with Crippen LogP contribution in [0.1, 0.15) is 37.0 Å². The largest absolute Gasteiger partial charge is 0.352 e. The molecule has 214 valence electrons. The van der Waals surface area contributed by atoms with Gasteiger partial charge in [0.05, 0.1) is 11.9 Å². The van der Waals surface area contributed by atoms with Gasteiger partial charge >= 0.3 is 0 Å². The maximum absolute atomic E-state index is 14.1. The highest BCUT2D eigenvalue weighted by molar-refractivity contribution is 7.92. The Balaban J connectivity index is 2.08. The quantitative estimate of drug-likeness (QED) is 0.291. The van der Waals surface area contributed by atoms with Crippen LogP contribution in [0.3, 0.4) is 0 Å². The number of amides is 2. The molecular formula is C30H35Cl2N3O4S. The SMILES string of the molecule is CCC(C)NC(=O)C(Cc1ccccc1)N(Cc1cccc(Cl)c1)C(=O)CN(c1ccc(Cl)cc1C)S(C)(=O)=O. The highest BCUT2D eigenvalue weighted by Gasteiger charge is 2.33. The zero-order valence-corrected chi connectivity index (χ0v) is 25.4. The Morgan fingerprint density at radius 2 is 1.57 bits per heavy atom. The average molecular weight is 605 g/mol. The molecule has 7 nitrogen and oxygen atoms in total. The van der Waals surface area contributed by atoms with E-state index in [0.717, 1.165) is 16.1 Å². The van der Waals surface area contributed by atoms with Crippen LogP contribution in [0.5, 0.6) is 0 Å². The van der Waals surface area contributed by atoms with E-state index >= 15 is 0 Å². The molecule has 0 aliphatic rings. The summed E-state index contributed by atoms with van der Waals surface area (Å²) in [5, 5.41) is 3.95. The van der Waals surface area contributed by atoms with Crippen molar-refractivity contribution in [3.8, 4) is 0 Å². The smallest absolute Gasteiger partial charge is 0.244 e. The number of hydrogen-bond acceptors (Lipinski definition) is 4. The van der Waals surface area contributed by atoms with Crippen LogP contribution in [0.25, 0.3) is 0 Å². The Morgan fingerprint density at radius 3 is 2.17 bits per heavy atom. The molecule has 3 aromatic carbocycles. The lowest BCUT2D eigenvalue weighted by Crippen LogP contribution is -2.54. The average Bonchev–Trinajstić information content (AvgIpc) is 2.89. The van der Waals surface area contributed by atoms with Crippen LogP contribution >= 0.6 is 23.2 Å². The van der Waals surface area contributed by atoms with Crippen molar-refractivity contribution in [2.45, 2.75) is 52.2 Å². The minimum Gasteiger partial charge on any atom is -0.352 e. The van der Waals surface area contributed by atoms with Gasteiger partial charge in [-0.05, 0) is 67.3 Å². The monoisotopic (exact) mass is 603 g/mol. The number of hydrogen-bond donors (Lipinski definition) is 1. The number of sulfonamides is 1. The van der Waals surface area contributed by atoms with E-state index in [0.29, 0.717) is 33.3 Å². The van der Waals surface area contributed by atoms with E-state index in [1.807, 2.05) is 50.2 Å². The number of nitrogens with one attached hydrogen (secondary N) is 1. The number of carbonyl (C=O) groups is 2. The molecule has 1 N–H and O–H groups in total. The van der Waals surface area contributed by atoms with Crippen molar-refractivity contribution in [3.05, 3.63) is 99.5 Å². The molecule has 0 radical (unpaired) electrons. The lowest BCUT2D eigenvalue weighted by molar-refractivity contribution is -0.140. The number of aryl methyl sites for hydroxylation is 1. The van der Waals surface area contributed by atoms with Crippen molar-refractivity contribution in [1.29, 1.82) is 0 Å². The zero-order chi connectivity index (χ0) is 29.4. The first-order chi connectivity index (χ1) is 18.9. The summed E-state index contributed by atoms with van der Waals surface area (Å²) in [6.07, 6.45) is 2.00. The van der Waals surface area contributed by atoms with Crippen molar-refractivity contribution in [1.82, 2.24) is 10.2 Å². The molecule has 0 spiro atoms. The topological polar surface area (TPSA) is 86.8 Å². The standard InChI is InChI=1S/C30H35Cl2N3O4S/c1-5-22(3)33-30(37)28(18-23-10-7-6-8-11-23)34(19-24-12-9-13-25(31)17-24)29(36)20-35(40(4,38)39)27-15-14-26(32)16-21(27)2/h6-17,22,28H,5,18-20H2,1-4H3,(H,33,37). The molecule has 0 saturated heterocycles. The molecule has 40 heavy (non-hydrogen) atoms. The van der Waals surface area contributed by atoms with Crippen molar-refractivity contribution >= 4 is 50.7 Å². The molecule has 2 unspecified atom stereocenters. The lowest BCUT2D eigenvalue weighted by atomic mass is 10.0. The Hall–Kier alpha value is -3.07. The first-order valence-electron chi connectivity index (χ1n) is 13.0. The summed E-state index contributed by atoms with van der Waals surface area (Å²) < 4.78 is 26.9. The van der Waals surface area contributed by atoms with Gasteiger partial charge in [-0.25, -0.2) is 8.42 Å². The van der Waals surface area contributed by atoms with Gasteiger partial charge in [0.1, 0.15) is 12.6 Å². The second-order valence-corrected chi connectivity index (χ2v) is 12.7. The fourth-order valence-electron chi connectivity index (χ4n) is 4.32. The molecule has 0 fully saturated rings. The van der Waals surface area contributed by atoms with E-state index in [-0.39, 0.29) is 24.9 Å². The number of carbonyl (C=O) groups excluding carboxylic acids is 2. The van der Waals surface area contributed by atoms with Crippen LogP contribution in [-0.2, 0) is 32.6 Å². The molecule has 3 aromatic rings. The predicted octanol–water partition coefficient (Wildman–Crippen LogP) is 5.62. The van der Waals surface area contributed by atoms with E-state index in [1.165, 1.54) is 4.90 Å². The zero-order valence-electron chi connectivity index (χ0n) is 23.1. The molecule has 0 heterocycles. The van der Waals surface area contributed by atoms with Gasteiger partial charge in [0.15, 0.2) is 0 Å². The maximum atomic E-state index is 14.1. The van der Waals surface area contributed by atoms with Gasteiger partial charge in [0.2, 0.25) is 21.8 Å². The number of halogens is 2. The Kier molecular flexibility index (Phi) is 11.0. The molecule has 2 atom stereocenters. The molecule has 2 amide bonds. The second-order valence-electron chi connectivity index (χ2n) is 9.88. The summed E-state index contributed by atoms with van der Waals surface area (Å²) in [6.45, 7) is 5.15. The van der Waals surface area contributed by atoms with Gasteiger partial charge in [-0.1, -0.05) is 72.6 Å². The van der Waals surface area contributed by atoms with Gasteiger partial charge in [0, 0.05) is 29.1 Å². The van der Waals surface area contributed by atoms with E-state index in [1.54, 1.807) is 43.3 Å². The van der Waals surface area contributed by atoms with Gasteiger partial charge in [0.25, 0.3) is 0 Å². The van der Waals surface area contributed by atoms with E-state index in [9.17, 15) is 18.0 Å². The highest BCUT2D eigenvalue weighted by Crippen LogP contribution is 2.26. The third-order valence-electron chi connectivity index (χ3n) is 6.62. The Bertz CT molecular complexity index is 1430. The highest BCUT2D eigenvalue weighted by atomic mass is 35.5. The lowest BCUT2D eigenvalue weighted by Gasteiger charge is -2.34. The van der Waals surface area contributed by atoms with Gasteiger partial charge in [-0.3, -0.25) is 13.9 Å². The van der Waals surface area contributed by atoms with Crippen LogP contribution in [-0.4, -0.2) is 50.0 Å². The first-order valence-corrected chi connectivity index (χ1v) is 15.6. The summed E-state index contributed by atoms with van der Waals surface area (Å²) in [5.74, 6) is -0.845. The summed E-state index contributed by atoms with van der Waals surface area (Å²) in [5.41, 5.74) is 2.52. The minimum atomic E-state index is -3.87. The van der Waals surface area contributed by atoms with Gasteiger partial charge < -0.3 is 10.2 Å². The third kappa shape index (κ3) is 8.71. The van der Waals surface area contributed by atoms with Crippen molar-refractivity contribution in [3.63, 3.8) is 0 Å². The van der Waals surface area contributed by atoms with Crippen molar-refractivity contribution in [2.75, 3.05) is 17.1 Å². The van der Waals surface area contributed by atoms with Gasteiger partial charge in [-0.2, -0.15) is 0 Å². The second kappa shape index (κ2) is 14.0. The third-order valence-corrected chi connectivity index (χ3v) is 8.22. The van der Waals surface area contributed by atoms with Crippen LogP contribution in [0.4, 0.5) is 5.69 Å². The first kappa shape index (κ1) is 31.5. The van der Waals surface area contributed by atoms with Gasteiger partial charge in [-0.15, -0.1) is 0 Å². The van der Waals surface area contributed by atoms with Crippen LogP contribution in [0.15, 0.2) is 72.8 Å². The number of rotatable bonds is 12. The van der Waals surface area contributed by atoms with E-state index in [2.05, 4.69) is 5.32 Å². The molecule has 0 saturated carbocycles. The summed E-state index contributed by atoms with van der Waals surface area (Å²) >= 11 is 12.3. The van der Waals surface area contributed by atoms with E-state index in [4.69, 9.17) is 23.2 Å². The Labute approximate surface area is 247 Å². The molecule has 3 rings (SSSR count). The molecule has 0 aromatic heterocycles. The number of anilines is 1. The number of benzene rings is 3. The molecule has 0 aliphatic carbocycles. The van der Waals surface area contributed by atoms with Crippen LogP contribution < -0.4 is 9.62 Å². The summed E-state index contributed by atoms with van der Waals surface area (Å²) in [4.78, 5) is 29.2. The maximum Gasteiger partial charge on any atom is 0.244 e. The number of nitrogens with zero attached hydrogens (tertiary/aromatic N) is 2. The Morgan fingerprint density at radius 1 is 0.925 bits per heavy atom.